The minimum absolute atomic E-state index is 0.0614. The minimum atomic E-state index is -1.99. The molecule has 152 valence electrons. The average molecular weight is 455 g/mol. The molecule has 4 nitrogen and oxygen atoms in total. The van der Waals surface area contributed by atoms with Crippen molar-refractivity contribution in [1.82, 2.24) is 5.32 Å². The molecule has 1 fully saturated rings. The SMILES string of the molecule is CCS[C@@H]1OC(COCc2ccccc2)[C@@H](C)C(C)[C@@H]1NC(=O)C(Cl)(Cl)Cl. The lowest BCUT2D eigenvalue weighted by atomic mass is 9.83. The fourth-order valence-corrected chi connectivity index (χ4v) is 4.33. The predicted octanol–water partition coefficient (Wildman–Crippen LogP) is 4.81. The summed E-state index contributed by atoms with van der Waals surface area (Å²) in [6.45, 7) is 7.27. The molecule has 1 heterocycles. The Hall–Kier alpha value is -0.170. The molecule has 0 saturated carbocycles. The molecule has 1 aliphatic rings. The van der Waals surface area contributed by atoms with Crippen molar-refractivity contribution in [1.29, 1.82) is 0 Å². The smallest absolute Gasteiger partial charge is 0.272 e. The van der Waals surface area contributed by atoms with Crippen LogP contribution in [0.4, 0.5) is 0 Å². The Bertz CT molecular complexity index is 600. The van der Waals surface area contributed by atoms with E-state index in [1.54, 1.807) is 11.8 Å². The number of ether oxygens (including phenoxy) is 2. The van der Waals surface area contributed by atoms with Crippen LogP contribution >= 0.6 is 46.6 Å². The van der Waals surface area contributed by atoms with E-state index in [0.29, 0.717) is 13.2 Å². The van der Waals surface area contributed by atoms with Gasteiger partial charge in [0.15, 0.2) is 0 Å². The highest BCUT2D eigenvalue weighted by Crippen LogP contribution is 2.37. The second-order valence-corrected chi connectivity index (χ2v) is 10.4. The molecule has 1 N–H and O–H groups in total. The third-order valence-electron chi connectivity index (χ3n) is 4.86. The quantitative estimate of drug-likeness (QED) is 0.601. The van der Waals surface area contributed by atoms with Crippen LogP contribution in [-0.2, 0) is 20.9 Å². The van der Waals surface area contributed by atoms with Gasteiger partial charge in [0.2, 0.25) is 0 Å². The zero-order chi connectivity index (χ0) is 20.0. The summed E-state index contributed by atoms with van der Waals surface area (Å²) in [4.78, 5) is 12.1. The van der Waals surface area contributed by atoms with Crippen LogP contribution in [0.2, 0.25) is 0 Å². The molecule has 5 atom stereocenters. The van der Waals surface area contributed by atoms with Gasteiger partial charge in [-0.3, -0.25) is 4.79 Å². The summed E-state index contributed by atoms with van der Waals surface area (Å²) in [6.07, 6.45) is -0.0614. The number of benzene rings is 1. The molecule has 1 saturated heterocycles. The van der Waals surface area contributed by atoms with Crippen molar-refractivity contribution in [2.45, 2.75) is 48.8 Å². The van der Waals surface area contributed by atoms with Gasteiger partial charge in [-0.1, -0.05) is 85.9 Å². The number of carbonyl (C=O) groups is 1. The predicted molar refractivity (Wildman–Crippen MR) is 113 cm³/mol. The van der Waals surface area contributed by atoms with Crippen LogP contribution < -0.4 is 5.32 Å². The van der Waals surface area contributed by atoms with Gasteiger partial charge in [-0.25, -0.2) is 0 Å². The van der Waals surface area contributed by atoms with Gasteiger partial charge in [-0.15, -0.1) is 11.8 Å². The van der Waals surface area contributed by atoms with Crippen molar-refractivity contribution < 1.29 is 14.3 Å². The summed E-state index contributed by atoms with van der Waals surface area (Å²) in [5, 5.41) is 2.85. The maximum absolute atomic E-state index is 12.1. The summed E-state index contributed by atoms with van der Waals surface area (Å²) in [7, 11) is 0. The van der Waals surface area contributed by atoms with E-state index in [0.717, 1.165) is 11.3 Å². The molecule has 8 heteroatoms. The van der Waals surface area contributed by atoms with Gasteiger partial charge in [-0.05, 0) is 23.2 Å². The molecule has 0 aliphatic carbocycles. The Balaban J connectivity index is 1.99. The monoisotopic (exact) mass is 453 g/mol. The van der Waals surface area contributed by atoms with Crippen molar-refractivity contribution >= 4 is 52.5 Å². The van der Waals surface area contributed by atoms with Crippen LogP contribution in [0.15, 0.2) is 30.3 Å². The van der Waals surface area contributed by atoms with Crippen LogP contribution in [0.25, 0.3) is 0 Å². The Morgan fingerprint density at radius 1 is 1.22 bits per heavy atom. The number of carbonyl (C=O) groups excluding carboxylic acids is 1. The van der Waals surface area contributed by atoms with Gasteiger partial charge in [0, 0.05) is 0 Å². The highest BCUT2D eigenvalue weighted by atomic mass is 35.6. The normalized spacial score (nSPS) is 28.7. The van der Waals surface area contributed by atoms with Gasteiger partial charge in [-0.2, -0.15) is 0 Å². The summed E-state index contributed by atoms with van der Waals surface area (Å²) >= 11 is 18.8. The molecule has 0 aromatic heterocycles. The lowest BCUT2D eigenvalue weighted by Gasteiger charge is -2.45. The highest BCUT2D eigenvalue weighted by Gasteiger charge is 2.44. The number of amides is 1. The van der Waals surface area contributed by atoms with Gasteiger partial charge in [0.05, 0.1) is 25.4 Å². The molecular weight excluding hydrogens is 429 g/mol. The molecule has 2 unspecified atom stereocenters. The number of halogens is 3. The lowest BCUT2D eigenvalue weighted by molar-refractivity contribution is -0.133. The number of alkyl halides is 3. The number of hydrogen-bond acceptors (Lipinski definition) is 4. The van der Waals surface area contributed by atoms with E-state index in [4.69, 9.17) is 44.3 Å². The van der Waals surface area contributed by atoms with Crippen LogP contribution in [-0.4, -0.2) is 39.6 Å². The highest BCUT2D eigenvalue weighted by molar-refractivity contribution is 7.99. The molecular formula is C19H26Cl3NO3S. The maximum Gasteiger partial charge on any atom is 0.272 e. The van der Waals surface area contributed by atoms with E-state index in [2.05, 4.69) is 19.2 Å². The molecule has 1 aromatic carbocycles. The van der Waals surface area contributed by atoms with Crippen LogP contribution in [0.3, 0.4) is 0 Å². The molecule has 0 bridgehead atoms. The van der Waals surface area contributed by atoms with E-state index in [9.17, 15) is 4.79 Å². The molecule has 1 aliphatic heterocycles. The Morgan fingerprint density at radius 2 is 1.89 bits per heavy atom. The maximum atomic E-state index is 12.1. The Labute approximate surface area is 180 Å². The van der Waals surface area contributed by atoms with E-state index >= 15 is 0 Å². The second kappa shape index (κ2) is 10.6. The third-order valence-corrected chi connectivity index (χ3v) is 6.45. The summed E-state index contributed by atoms with van der Waals surface area (Å²) in [5.41, 5.74) is 0.907. The molecule has 2 rings (SSSR count). The topological polar surface area (TPSA) is 47.6 Å². The fraction of sp³-hybridized carbons (Fsp3) is 0.632. The first-order valence-electron chi connectivity index (χ1n) is 9.00. The number of thioether (sulfide) groups is 1. The average Bonchev–Trinajstić information content (AvgIpc) is 2.62. The van der Waals surface area contributed by atoms with E-state index in [1.807, 2.05) is 37.3 Å². The van der Waals surface area contributed by atoms with Crippen molar-refractivity contribution in [3.8, 4) is 0 Å². The van der Waals surface area contributed by atoms with Crippen LogP contribution in [0, 0.1) is 11.8 Å². The first-order valence-corrected chi connectivity index (χ1v) is 11.2. The molecule has 1 aromatic rings. The van der Waals surface area contributed by atoms with Crippen molar-refractivity contribution in [3.63, 3.8) is 0 Å². The van der Waals surface area contributed by atoms with Gasteiger partial charge in [0.1, 0.15) is 5.44 Å². The summed E-state index contributed by atoms with van der Waals surface area (Å²) in [5.74, 6) is 0.545. The first-order chi connectivity index (χ1) is 12.7. The second-order valence-electron chi connectivity index (χ2n) is 6.71. The number of hydrogen-bond donors (Lipinski definition) is 1. The Kier molecular flexibility index (Phi) is 9.04. The van der Waals surface area contributed by atoms with Crippen LogP contribution in [0.1, 0.15) is 26.3 Å². The summed E-state index contributed by atoms with van der Waals surface area (Å²) < 4.78 is 10.2. The largest absolute Gasteiger partial charge is 0.374 e. The number of nitrogens with one attached hydrogen (secondary N) is 1. The van der Waals surface area contributed by atoms with Gasteiger partial charge < -0.3 is 14.8 Å². The zero-order valence-corrected chi connectivity index (χ0v) is 18.7. The fourth-order valence-electron chi connectivity index (χ4n) is 3.09. The number of rotatable bonds is 7. The third kappa shape index (κ3) is 6.69. The molecule has 1 amide bonds. The molecule has 0 spiro atoms. The zero-order valence-electron chi connectivity index (χ0n) is 15.7. The molecule has 27 heavy (non-hydrogen) atoms. The van der Waals surface area contributed by atoms with Crippen LogP contribution in [0.5, 0.6) is 0 Å². The van der Waals surface area contributed by atoms with E-state index in [-0.39, 0.29) is 29.4 Å². The van der Waals surface area contributed by atoms with Gasteiger partial charge in [0.25, 0.3) is 9.70 Å². The Morgan fingerprint density at radius 3 is 2.48 bits per heavy atom. The van der Waals surface area contributed by atoms with Crippen molar-refractivity contribution in [2.75, 3.05) is 12.4 Å². The standard InChI is InChI=1S/C19H26Cl3NO3S/c1-4-27-17-16(23-18(24)19(20,21)22)13(3)12(2)15(26-17)11-25-10-14-8-6-5-7-9-14/h5-9,12-13,15-17H,4,10-11H2,1-3H3,(H,23,24)/t12-,13?,15?,16-,17-/m0/s1. The minimum Gasteiger partial charge on any atom is -0.374 e. The van der Waals surface area contributed by atoms with E-state index in [1.165, 1.54) is 0 Å². The lowest BCUT2D eigenvalue weighted by Crippen LogP contribution is -2.58. The van der Waals surface area contributed by atoms with Crippen molar-refractivity contribution in [2.24, 2.45) is 11.8 Å². The molecule has 0 radical (unpaired) electrons. The van der Waals surface area contributed by atoms with E-state index < -0.39 is 9.70 Å². The van der Waals surface area contributed by atoms with Crippen molar-refractivity contribution in [3.05, 3.63) is 35.9 Å². The van der Waals surface area contributed by atoms with Gasteiger partial charge >= 0.3 is 0 Å². The first kappa shape index (κ1) is 23.1. The summed E-state index contributed by atoms with van der Waals surface area (Å²) in [6, 6.07) is 9.80.